The second-order valence-corrected chi connectivity index (χ2v) is 5.02. The molecule has 0 aromatic heterocycles. The van der Waals surface area contributed by atoms with Crippen molar-refractivity contribution in [3.8, 4) is 0 Å². The van der Waals surface area contributed by atoms with E-state index in [1.54, 1.807) is 0 Å². The minimum atomic E-state index is 0.266. The molecule has 13 heavy (non-hydrogen) atoms. The van der Waals surface area contributed by atoms with Gasteiger partial charge in [-0.15, -0.1) is 0 Å². The molecule has 0 amide bonds. The fourth-order valence-corrected chi connectivity index (χ4v) is 1.48. The van der Waals surface area contributed by atoms with Crippen LogP contribution < -0.4 is 5.73 Å². The van der Waals surface area contributed by atoms with Crippen molar-refractivity contribution in [2.45, 2.75) is 27.2 Å². The lowest BCUT2D eigenvalue weighted by Crippen LogP contribution is -2.10. The van der Waals surface area contributed by atoms with E-state index in [9.17, 15) is 0 Å². The highest BCUT2D eigenvalue weighted by atomic mass is 35.5. The first-order valence-electron chi connectivity index (χ1n) is 4.42. The highest BCUT2D eigenvalue weighted by Crippen LogP contribution is 2.26. The predicted octanol–water partition coefficient (Wildman–Crippen LogP) is 3.51. The van der Waals surface area contributed by atoms with Crippen molar-refractivity contribution in [3.63, 3.8) is 0 Å². The molecular weight excluding hydrogens is 182 g/mol. The van der Waals surface area contributed by atoms with Crippen LogP contribution in [0.15, 0.2) is 18.2 Å². The number of halogens is 1. The summed E-state index contributed by atoms with van der Waals surface area (Å²) in [5.74, 6) is 0. The summed E-state index contributed by atoms with van der Waals surface area (Å²) in [5.41, 5.74) is 8.08. The Morgan fingerprint density at radius 1 is 1.31 bits per heavy atom. The third kappa shape index (κ3) is 3.27. The molecule has 0 saturated heterocycles. The molecule has 0 atom stereocenters. The van der Waals surface area contributed by atoms with E-state index < -0.39 is 0 Å². The van der Waals surface area contributed by atoms with Gasteiger partial charge in [-0.3, -0.25) is 0 Å². The number of anilines is 1. The zero-order valence-corrected chi connectivity index (χ0v) is 9.15. The van der Waals surface area contributed by atoms with Crippen molar-refractivity contribution in [1.29, 1.82) is 0 Å². The van der Waals surface area contributed by atoms with Gasteiger partial charge in [0.05, 0.1) is 0 Å². The van der Waals surface area contributed by atoms with Crippen LogP contribution in [-0.2, 0) is 6.42 Å². The summed E-state index contributed by atoms with van der Waals surface area (Å²) in [6.45, 7) is 6.59. The van der Waals surface area contributed by atoms with Crippen molar-refractivity contribution in [3.05, 3.63) is 28.8 Å². The van der Waals surface area contributed by atoms with Gasteiger partial charge < -0.3 is 5.73 Å². The standard InChI is InChI=1S/C11H16ClN/c1-11(2,3)7-8-4-5-9(12)6-10(8)13/h4-6H,7,13H2,1-3H3. The average molecular weight is 198 g/mol. The van der Waals surface area contributed by atoms with Crippen LogP contribution in [0.3, 0.4) is 0 Å². The number of nitrogens with two attached hydrogens (primary N) is 1. The van der Waals surface area contributed by atoms with E-state index in [0.717, 1.165) is 12.1 Å². The summed E-state index contributed by atoms with van der Waals surface area (Å²) in [7, 11) is 0. The van der Waals surface area contributed by atoms with E-state index in [4.69, 9.17) is 17.3 Å². The van der Waals surface area contributed by atoms with E-state index in [-0.39, 0.29) is 5.41 Å². The Labute approximate surface area is 84.9 Å². The molecule has 0 aliphatic carbocycles. The van der Waals surface area contributed by atoms with Crippen molar-refractivity contribution in [2.24, 2.45) is 5.41 Å². The van der Waals surface area contributed by atoms with Gasteiger partial charge >= 0.3 is 0 Å². The monoisotopic (exact) mass is 197 g/mol. The van der Waals surface area contributed by atoms with Crippen LogP contribution in [0.2, 0.25) is 5.02 Å². The van der Waals surface area contributed by atoms with Gasteiger partial charge in [0.25, 0.3) is 0 Å². The Bertz CT molecular complexity index is 299. The predicted molar refractivity (Wildman–Crippen MR) is 59.0 cm³/mol. The lowest BCUT2D eigenvalue weighted by molar-refractivity contribution is 0.412. The van der Waals surface area contributed by atoms with Gasteiger partial charge in [-0.2, -0.15) is 0 Å². The molecule has 0 bridgehead atoms. The Hall–Kier alpha value is -0.690. The highest BCUT2D eigenvalue weighted by molar-refractivity contribution is 6.30. The Balaban J connectivity index is 2.90. The van der Waals surface area contributed by atoms with Crippen LogP contribution in [0.25, 0.3) is 0 Å². The van der Waals surface area contributed by atoms with E-state index in [1.807, 2.05) is 18.2 Å². The number of rotatable bonds is 1. The number of benzene rings is 1. The van der Waals surface area contributed by atoms with Gasteiger partial charge in [0.1, 0.15) is 0 Å². The Morgan fingerprint density at radius 2 is 1.92 bits per heavy atom. The maximum atomic E-state index is 5.84. The lowest BCUT2D eigenvalue weighted by Gasteiger charge is -2.19. The van der Waals surface area contributed by atoms with Crippen molar-refractivity contribution in [1.82, 2.24) is 0 Å². The molecule has 1 nitrogen and oxygen atoms in total. The van der Waals surface area contributed by atoms with Crippen molar-refractivity contribution >= 4 is 17.3 Å². The first-order chi connectivity index (χ1) is 5.88. The summed E-state index contributed by atoms with van der Waals surface area (Å²) in [6, 6.07) is 5.70. The van der Waals surface area contributed by atoms with E-state index in [2.05, 4.69) is 20.8 Å². The molecule has 1 aromatic carbocycles. The van der Waals surface area contributed by atoms with Crippen LogP contribution in [0.4, 0.5) is 5.69 Å². The lowest BCUT2D eigenvalue weighted by atomic mass is 9.87. The second-order valence-electron chi connectivity index (χ2n) is 4.58. The smallest absolute Gasteiger partial charge is 0.0426 e. The van der Waals surface area contributed by atoms with Gasteiger partial charge in [0.15, 0.2) is 0 Å². The second kappa shape index (κ2) is 3.59. The quantitative estimate of drug-likeness (QED) is 0.686. The molecule has 0 fully saturated rings. The van der Waals surface area contributed by atoms with Gasteiger partial charge in [0, 0.05) is 10.7 Å². The first kappa shape index (κ1) is 10.4. The normalized spacial score (nSPS) is 11.7. The SMILES string of the molecule is CC(C)(C)Cc1ccc(Cl)cc1N. The molecule has 2 heteroatoms. The molecule has 0 aliphatic rings. The Kier molecular flexibility index (Phi) is 2.87. The molecule has 1 rings (SSSR count). The van der Waals surface area contributed by atoms with Crippen LogP contribution in [0, 0.1) is 5.41 Å². The summed E-state index contributed by atoms with van der Waals surface area (Å²) in [5, 5.41) is 0.704. The largest absolute Gasteiger partial charge is 0.398 e. The van der Waals surface area contributed by atoms with Crippen LogP contribution >= 0.6 is 11.6 Å². The minimum absolute atomic E-state index is 0.266. The average Bonchev–Trinajstić information content (AvgIpc) is 1.93. The zero-order chi connectivity index (χ0) is 10.1. The fourth-order valence-electron chi connectivity index (χ4n) is 1.30. The Morgan fingerprint density at radius 3 is 2.38 bits per heavy atom. The summed E-state index contributed by atoms with van der Waals surface area (Å²) in [4.78, 5) is 0. The van der Waals surface area contributed by atoms with Crippen LogP contribution in [0.1, 0.15) is 26.3 Å². The van der Waals surface area contributed by atoms with E-state index >= 15 is 0 Å². The molecule has 0 radical (unpaired) electrons. The maximum Gasteiger partial charge on any atom is 0.0426 e. The van der Waals surface area contributed by atoms with Gasteiger partial charge in [-0.1, -0.05) is 38.4 Å². The minimum Gasteiger partial charge on any atom is -0.398 e. The third-order valence-corrected chi connectivity index (χ3v) is 2.06. The number of nitrogen functional groups attached to an aromatic ring is 1. The van der Waals surface area contributed by atoms with Gasteiger partial charge in [-0.05, 0) is 29.5 Å². The van der Waals surface area contributed by atoms with Gasteiger partial charge in [0.2, 0.25) is 0 Å². The summed E-state index contributed by atoms with van der Waals surface area (Å²) >= 11 is 5.81. The van der Waals surface area contributed by atoms with E-state index in [1.165, 1.54) is 5.56 Å². The molecule has 0 aliphatic heterocycles. The summed E-state index contributed by atoms with van der Waals surface area (Å²) in [6.07, 6.45) is 0.982. The third-order valence-electron chi connectivity index (χ3n) is 1.83. The zero-order valence-electron chi connectivity index (χ0n) is 8.39. The van der Waals surface area contributed by atoms with Crippen LogP contribution in [-0.4, -0.2) is 0 Å². The molecule has 72 valence electrons. The maximum absolute atomic E-state index is 5.84. The van der Waals surface area contributed by atoms with Gasteiger partial charge in [-0.25, -0.2) is 0 Å². The topological polar surface area (TPSA) is 26.0 Å². The molecule has 0 spiro atoms. The van der Waals surface area contributed by atoms with Crippen LogP contribution in [0.5, 0.6) is 0 Å². The number of hydrogen-bond acceptors (Lipinski definition) is 1. The molecule has 0 saturated carbocycles. The summed E-state index contributed by atoms with van der Waals surface area (Å²) < 4.78 is 0. The molecule has 2 N–H and O–H groups in total. The first-order valence-corrected chi connectivity index (χ1v) is 4.80. The van der Waals surface area contributed by atoms with Crippen molar-refractivity contribution < 1.29 is 0 Å². The number of hydrogen-bond donors (Lipinski definition) is 1. The fraction of sp³-hybridized carbons (Fsp3) is 0.455. The molecule has 0 unspecified atom stereocenters. The molecular formula is C11H16ClN. The molecule has 1 aromatic rings. The van der Waals surface area contributed by atoms with Crippen molar-refractivity contribution in [2.75, 3.05) is 5.73 Å². The molecule has 0 heterocycles. The highest BCUT2D eigenvalue weighted by Gasteiger charge is 2.12. The van der Waals surface area contributed by atoms with E-state index in [0.29, 0.717) is 5.02 Å².